The highest BCUT2D eigenvalue weighted by molar-refractivity contribution is 9.10. The molecule has 0 spiro atoms. The van der Waals surface area contributed by atoms with Crippen LogP contribution in [0.5, 0.6) is 0 Å². The number of rotatable bonds is 7. The molecule has 2 aromatic rings. The Morgan fingerprint density at radius 1 is 1.18 bits per heavy atom. The zero-order chi connectivity index (χ0) is 15.9. The van der Waals surface area contributed by atoms with Gasteiger partial charge in [-0.25, -0.2) is 13.8 Å². The monoisotopic (exact) mass is 386 g/mol. The molecular weight excluding hydrogens is 370 g/mol. The smallest absolute Gasteiger partial charge is 0.146 e. The lowest BCUT2D eigenvalue weighted by atomic mass is 10.2. The summed E-state index contributed by atoms with van der Waals surface area (Å²) in [5.41, 5.74) is 1.11. The van der Waals surface area contributed by atoms with Gasteiger partial charge in [0.05, 0.1) is 5.69 Å². The average molecular weight is 387 g/mol. The minimum Gasteiger partial charge on any atom is -0.308 e. The maximum atomic E-state index is 13.7. The fourth-order valence-electron chi connectivity index (χ4n) is 1.98. The summed E-state index contributed by atoms with van der Waals surface area (Å²) < 4.78 is 27.8. The molecule has 2 nitrogen and oxygen atoms in total. The Balaban J connectivity index is 1.74. The maximum Gasteiger partial charge on any atom is 0.146 e. The van der Waals surface area contributed by atoms with Crippen LogP contribution in [-0.4, -0.2) is 17.3 Å². The summed E-state index contributed by atoms with van der Waals surface area (Å²) in [5.74, 6) is 0.958. The van der Waals surface area contributed by atoms with Crippen LogP contribution in [0.3, 0.4) is 0 Å². The van der Waals surface area contributed by atoms with Crippen molar-refractivity contribution in [3.05, 3.63) is 63.9 Å². The summed E-state index contributed by atoms with van der Waals surface area (Å²) >= 11 is 4.88. The Labute approximate surface area is 141 Å². The summed E-state index contributed by atoms with van der Waals surface area (Å²) in [6.07, 6.45) is 0. The van der Waals surface area contributed by atoms with Gasteiger partial charge in [0.15, 0.2) is 0 Å². The van der Waals surface area contributed by atoms with E-state index in [1.54, 1.807) is 30.0 Å². The Hall–Kier alpha value is -0.980. The summed E-state index contributed by atoms with van der Waals surface area (Å²) in [7, 11) is 0. The second kappa shape index (κ2) is 8.60. The first kappa shape index (κ1) is 17.4. The number of nitrogens with one attached hydrogen (secondary N) is 1. The number of hydrogen-bond donors (Lipinski definition) is 1. The van der Waals surface area contributed by atoms with Crippen LogP contribution in [0, 0.1) is 11.6 Å². The van der Waals surface area contributed by atoms with E-state index in [-0.39, 0.29) is 17.7 Å². The molecule has 1 N–H and O–H groups in total. The molecule has 1 unspecified atom stereocenters. The molecule has 0 fully saturated rings. The normalized spacial score (nSPS) is 12.4. The van der Waals surface area contributed by atoms with Gasteiger partial charge < -0.3 is 5.32 Å². The van der Waals surface area contributed by atoms with Crippen LogP contribution in [0.1, 0.15) is 24.2 Å². The molecule has 0 saturated carbocycles. The molecule has 0 amide bonds. The average Bonchev–Trinajstić information content (AvgIpc) is 2.51. The number of halogens is 3. The van der Waals surface area contributed by atoms with Gasteiger partial charge in [-0.2, -0.15) is 11.8 Å². The number of thioether (sulfide) groups is 1. The molecule has 1 atom stereocenters. The quantitative estimate of drug-likeness (QED) is 0.551. The second-order valence-corrected chi connectivity index (χ2v) is 6.74. The van der Waals surface area contributed by atoms with Gasteiger partial charge in [-0.1, -0.05) is 18.2 Å². The van der Waals surface area contributed by atoms with Crippen molar-refractivity contribution >= 4 is 27.7 Å². The minimum atomic E-state index is -0.317. The molecule has 0 bridgehead atoms. The minimum absolute atomic E-state index is 0.170. The molecule has 0 aliphatic carbocycles. The van der Waals surface area contributed by atoms with Crippen LogP contribution in [0.25, 0.3) is 0 Å². The number of benzene rings is 1. The van der Waals surface area contributed by atoms with Crippen LogP contribution in [0.2, 0.25) is 0 Å². The van der Waals surface area contributed by atoms with Crippen molar-refractivity contribution in [1.82, 2.24) is 10.3 Å². The predicted octanol–water partition coefficient (Wildman–Crippen LogP) is 4.71. The molecule has 0 aliphatic rings. The van der Waals surface area contributed by atoms with E-state index in [2.05, 4.69) is 26.2 Å². The zero-order valence-corrected chi connectivity index (χ0v) is 14.6. The van der Waals surface area contributed by atoms with E-state index in [1.165, 1.54) is 12.1 Å². The van der Waals surface area contributed by atoms with Crippen LogP contribution < -0.4 is 5.32 Å². The van der Waals surface area contributed by atoms with Crippen LogP contribution in [-0.2, 0) is 5.75 Å². The SMILES string of the molecule is CC(NCCSCc1ccccc1F)c1nc(Br)ccc1F. The summed E-state index contributed by atoms with van der Waals surface area (Å²) in [6.45, 7) is 2.58. The molecule has 0 radical (unpaired) electrons. The summed E-state index contributed by atoms with van der Waals surface area (Å²) in [6, 6.07) is 9.59. The summed E-state index contributed by atoms with van der Waals surface area (Å²) in [5, 5.41) is 3.23. The van der Waals surface area contributed by atoms with E-state index >= 15 is 0 Å². The van der Waals surface area contributed by atoms with Gasteiger partial charge in [0.2, 0.25) is 0 Å². The zero-order valence-electron chi connectivity index (χ0n) is 12.2. The van der Waals surface area contributed by atoms with E-state index in [9.17, 15) is 8.78 Å². The van der Waals surface area contributed by atoms with Gasteiger partial charge in [0, 0.05) is 24.1 Å². The molecule has 1 aromatic heterocycles. The van der Waals surface area contributed by atoms with Gasteiger partial charge >= 0.3 is 0 Å². The number of pyridine rings is 1. The lowest BCUT2D eigenvalue weighted by Crippen LogP contribution is -2.23. The van der Waals surface area contributed by atoms with Crippen molar-refractivity contribution in [2.45, 2.75) is 18.7 Å². The fourth-order valence-corrected chi connectivity index (χ4v) is 3.16. The predicted molar refractivity (Wildman–Crippen MR) is 90.9 cm³/mol. The Kier molecular flexibility index (Phi) is 6.79. The molecule has 0 saturated heterocycles. The van der Waals surface area contributed by atoms with Crippen molar-refractivity contribution < 1.29 is 8.78 Å². The Morgan fingerprint density at radius 2 is 1.95 bits per heavy atom. The van der Waals surface area contributed by atoms with E-state index in [1.807, 2.05) is 13.0 Å². The fraction of sp³-hybridized carbons (Fsp3) is 0.312. The van der Waals surface area contributed by atoms with Gasteiger partial charge in [-0.15, -0.1) is 0 Å². The van der Waals surface area contributed by atoms with Crippen molar-refractivity contribution in [1.29, 1.82) is 0 Å². The molecule has 118 valence electrons. The molecule has 2 rings (SSSR count). The van der Waals surface area contributed by atoms with Crippen LogP contribution in [0.15, 0.2) is 41.0 Å². The number of hydrogen-bond acceptors (Lipinski definition) is 3. The highest BCUT2D eigenvalue weighted by atomic mass is 79.9. The molecule has 22 heavy (non-hydrogen) atoms. The van der Waals surface area contributed by atoms with E-state index in [4.69, 9.17) is 0 Å². The first-order chi connectivity index (χ1) is 10.6. The van der Waals surface area contributed by atoms with Gasteiger partial charge in [-0.3, -0.25) is 0 Å². The standard InChI is InChI=1S/C16H17BrF2N2S/c1-11(16-14(19)6-7-15(17)21-16)20-8-9-22-10-12-4-2-3-5-13(12)18/h2-7,11,20H,8-10H2,1H3. The molecule has 0 aliphatic heterocycles. The largest absolute Gasteiger partial charge is 0.308 e. The van der Waals surface area contributed by atoms with Crippen LogP contribution in [0.4, 0.5) is 8.78 Å². The van der Waals surface area contributed by atoms with Gasteiger partial charge in [-0.05, 0) is 46.6 Å². The highest BCUT2D eigenvalue weighted by Crippen LogP contribution is 2.18. The first-order valence-electron chi connectivity index (χ1n) is 6.94. The summed E-state index contributed by atoms with van der Waals surface area (Å²) in [4.78, 5) is 4.15. The van der Waals surface area contributed by atoms with E-state index < -0.39 is 0 Å². The van der Waals surface area contributed by atoms with E-state index in [0.29, 0.717) is 28.2 Å². The highest BCUT2D eigenvalue weighted by Gasteiger charge is 2.12. The lowest BCUT2D eigenvalue weighted by Gasteiger charge is -2.14. The third kappa shape index (κ3) is 5.04. The second-order valence-electron chi connectivity index (χ2n) is 4.82. The first-order valence-corrected chi connectivity index (χ1v) is 8.89. The van der Waals surface area contributed by atoms with E-state index in [0.717, 1.165) is 5.75 Å². The topological polar surface area (TPSA) is 24.9 Å². The van der Waals surface area contributed by atoms with Crippen LogP contribution >= 0.6 is 27.7 Å². The van der Waals surface area contributed by atoms with Gasteiger partial charge in [0.25, 0.3) is 0 Å². The molecule has 6 heteroatoms. The number of aromatic nitrogens is 1. The van der Waals surface area contributed by atoms with Crippen molar-refractivity contribution in [3.8, 4) is 0 Å². The molecule has 1 heterocycles. The molecule has 1 aromatic carbocycles. The van der Waals surface area contributed by atoms with Crippen molar-refractivity contribution in [2.75, 3.05) is 12.3 Å². The Bertz CT molecular complexity index is 625. The van der Waals surface area contributed by atoms with Crippen molar-refractivity contribution in [2.24, 2.45) is 0 Å². The third-order valence-electron chi connectivity index (χ3n) is 3.16. The third-order valence-corrected chi connectivity index (χ3v) is 4.61. The van der Waals surface area contributed by atoms with Gasteiger partial charge in [0.1, 0.15) is 16.2 Å². The maximum absolute atomic E-state index is 13.7. The Morgan fingerprint density at radius 3 is 2.73 bits per heavy atom. The number of nitrogens with zero attached hydrogens (tertiary/aromatic N) is 1. The lowest BCUT2D eigenvalue weighted by molar-refractivity contribution is 0.524. The van der Waals surface area contributed by atoms with Crippen molar-refractivity contribution in [3.63, 3.8) is 0 Å². The molecular formula is C16H17BrF2N2S.